The summed E-state index contributed by atoms with van der Waals surface area (Å²) < 4.78 is 0. The van der Waals surface area contributed by atoms with E-state index in [1.165, 1.54) is 19.4 Å². The van der Waals surface area contributed by atoms with Gasteiger partial charge in [0, 0.05) is 19.0 Å². The third kappa shape index (κ3) is 3.35. The minimum Gasteiger partial charge on any atom is -0.388 e. The summed E-state index contributed by atoms with van der Waals surface area (Å²) in [5, 5.41) is 7.26. The summed E-state index contributed by atoms with van der Waals surface area (Å²) in [6.07, 6.45) is 3.28. The maximum atomic E-state index is 7.26. The lowest BCUT2D eigenvalue weighted by Gasteiger charge is -2.35. The minimum atomic E-state index is 0.343. The van der Waals surface area contributed by atoms with Crippen molar-refractivity contribution in [3.8, 4) is 0 Å². The molecule has 1 saturated heterocycles. The van der Waals surface area contributed by atoms with Gasteiger partial charge in [-0.25, -0.2) is 0 Å². The fourth-order valence-electron chi connectivity index (χ4n) is 2.04. The molecule has 0 spiro atoms. The van der Waals surface area contributed by atoms with E-state index >= 15 is 0 Å². The molecule has 0 aliphatic carbocycles. The van der Waals surface area contributed by atoms with E-state index in [1.807, 2.05) is 0 Å². The van der Waals surface area contributed by atoms with Crippen molar-refractivity contribution in [1.82, 2.24) is 4.90 Å². The van der Waals surface area contributed by atoms with Crippen LogP contribution in [0.3, 0.4) is 0 Å². The summed E-state index contributed by atoms with van der Waals surface area (Å²) >= 11 is 0. The molecule has 0 bridgehead atoms. The average Bonchev–Trinajstić information content (AvgIpc) is 2.03. The van der Waals surface area contributed by atoms with Crippen LogP contribution in [0.2, 0.25) is 0 Å². The number of amidine groups is 1. The Hall–Kier alpha value is -0.570. The summed E-state index contributed by atoms with van der Waals surface area (Å²) in [5.74, 6) is 0.962. The molecule has 1 rings (SSSR count). The summed E-state index contributed by atoms with van der Waals surface area (Å²) in [6, 6.07) is 0.634. The average molecular weight is 183 g/mol. The number of rotatable bonds is 3. The Bertz CT molecular complexity index is 177. The van der Waals surface area contributed by atoms with Gasteiger partial charge in [0.25, 0.3) is 0 Å². The highest BCUT2D eigenvalue weighted by Crippen LogP contribution is 2.20. The van der Waals surface area contributed by atoms with E-state index < -0.39 is 0 Å². The van der Waals surface area contributed by atoms with Gasteiger partial charge in [0.05, 0.1) is 5.84 Å². The van der Waals surface area contributed by atoms with Crippen LogP contribution in [0.5, 0.6) is 0 Å². The van der Waals surface area contributed by atoms with Gasteiger partial charge in [0.1, 0.15) is 0 Å². The maximum absolute atomic E-state index is 7.26. The molecular weight excluding hydrogens is 162 g/mol. The molecule has 1 heterocycles. The van der Waals surface area contributed by atoms with Gasteiger partial charge in [0.15, 0.2) is 0 Å². The van der Waals surface area contributed by atoms with Crippen molar-refractivity contribution in [3.63, 3.8) is 0 Å². The van der Waals surface area contributed by atoms with E-state index in [9.17, 15) is 0 Å². The fraction of sp³-hybridized carbons (Fsp3) is 0.900. The third-order valence-electron chi connectivity index (χ3n) is 2.79. The van der Waals surface area contributed by atoms with Gasteiger partial charge in [-0.05, 0) is 39.2 Å². The quantitative estimate of drug-likeness (QED) is 0.514. The highest BCUT2D eigenvalue weighted by atomic mass is 15.2. The van der Waals surface area contributed by atoms with Crippen LogP contribution in [-0.4, -0.2) is 29.9 Å². The van der Waals surface area contributed by atoms with Gasteiger partial charge >= 0.3 is 0 Å². The largest absolute Gasteiger partial charge is 0.388 e. The highest BCUT2D eigenvalue weighted by molar-refractivity contribution is 5.77. The highest BCUT2D eigenvalue weighted by Gasteiger charge is 2.21. The Morgan fingerprint density at radius 3 is 2.85 bits per heavy atom. The van der Waals surface area contributed by atoms with Crippen LogP contribution in [-0.2, 0) is 0 Å². The number of hydrogen-bond acceptors (Lipinski definition) is 2. The third-order valence-corrected chi connectivity index (χ3v) is 2.79. The van der Waals surface area contributed by atoms with Crippen molar-refractivity contribution in [2.24, 2.45) is 11.7 Å². The molecule has 1 fully saturated rings. The molecule has 0 radical (unpaired) electrons. The van der Waals surface area contributed by atoms with Crippen molar-refractivity contribution in [2.45, 2.75) is 39.2 Å². The maximum Gasteiger partial charge on any atom is 0.0908 e. The molecular formula is C10H21N3. The van der Waals surface area contributed by atoms with E-state index in [4.69, 9.17) is 11.1 Å². The van der Waals surface area contributed by atoms with Crippen molar-refractivity contribution in [2.75, 3.05) is 13.1 Å². The summed E-state index contributed by atoms with van der Waals surface area (Å²) in [6.45, 7) is 6.80. The lowest BCUT2D eigenvalue weighted by atomic mass is 9.93. The van der Waals surface area contributed by atoms with Crippen LogP contribution < -0.4 is 5.73 Å². The molecule has 0 aromatic rings. The normalized spacial score (nSPS) is 25.0. The zero-order valence-corrected chi connectivity index (χ0v) is 8.71. The summed E-state index contributed by atoms with van der Waals surface area (Å²) in [5.41, 5.74) is 5.41. The van der Waals surface area contributed by atoms with Gasteiger partial charge in [-0.3, -0.25) is 5.41 Å². The van der Waals surface area contributed by atoms with Gasteiger partial charge in [-0.15, -0.1) is 0 Å². The SMILES string of the molecule is CC(C)N1CCCC(CC(=N)N)C1. The topological polar surface area (TPSA) is 53.1 Å². The number of hydrogen-bond donors (Lipinski definition) is 2. The van der Waals surface area contributed by atoms with E-state index in [1.54, 1.807) is 0 Å². The van der Waals surface area contributed by atoms with Crippen LogP contribution in [0.15, 0.2) is 0 Å². The van der Waals surface area contributed by atoms with Crippen LogP contribution in [0.25, 0.3) is 0 Å². The first-order chi connectivity index (χ1) is 6.09. The fourth-order valence-corrected chi connectivity index (χ4v) is 2.04. The molecule has 1 unspecified atom stereocenters. The molecule has 13 heavy (non-hydrogen) atoms. The van der Waals surface area contributed by atoms with Crippen molar-refractivity contribution in [1.29, 1.82) is 5.41 Å². The van der Waals surface area contributed by atoms with Crippen LogP contribution in [0.1, 0.15) is 33.1 Å². The molecule has 76 valence electrons. The summed E-state index contributed by atoms with van der Waals surface area (Å²) in [4.78, 5) is 2.48. The monoisotopic (exact) mass is 183 g/mol. The molecule has 3 N–H and O–H groups in total. The number of nitrogens with zero attached hydrogens (tertiary/aromatic N) is 1. The van der Waals surface area contributed by atoms with E-state index in [2.05, 4.69) is 18.7 Å². The zero-order valence-electron chi connectivity index (χ0n) is 8.71. The van der Waals surface area contributed by atoms with E-state index in [0.717, 1.165) is 13.0 Å². The van der Waals surface area contributed by atoms with Gasteiger partial charge < -0.3 is 10.6 Å². The Morgan fingerprint density at radius 1 is 1.62 bits per heavy atom. The molecule has 1 aliphatic rings. The number of likely N-dealkylation sites (tertiary alicyclic amines) is 1. The van der Waals surface area contributed by atoms with Gasteiger partial charge in [-0.1, -0.05) is 0 Å². The van der Waals surface area contributed by atoms with Gasteiger partial charge in [-0.2, -0.15) is 0 Å². The lowest BCUT2D eigenvalue weighted by molar-refractivity contribution is 0.142. The second-order valence-corrected chi connectivity index (χ2v) is 4.33. The van der Waals surface area contributed by atoms with E-state index in [0.29, 0.717) is 17.8 Å². The molecule has 1 atom stereocenters. The van der Waals surface area contributed by atoms with Crippen LogP contribution >= 0.6 is 0 Å². The predicted molar refractivity (Wildman–Crippen MR) is 56.0 cm³/mol. The van der Waals surface area contributed by atoms with Gasteiger partial charge in [0.2, 0.25) is 0 Å². The van der Waals surface area contributed by atoms with Crippen LogP contribution in [0, 0.1) is 11.3 Å². The molecule has 3 nitrogen and oxygen atoms in total. The Labute approximate surface area is 80.8 Å². The first-order valence-corrected chi connectivity index (χ1v) is 5.16. The van der Waals surface area contributed by atoms with Crippen LogP contribution in [0.4, 0.5) is 0 Å². The van der Waals surface area contributed by atoms with E-state index in [-0.39, 0.29) is 0 Å². The molecule has 0 aromatic heterocycles. The van der Waals surface area contributed by atoms with Crippen molar-refractivity contribution < 1.29 is 0 Å². The van der Waals surface area contributed by atoms with Crippen molar-refractivity contribution in [3.05, 3.63) is 0 Å². The smallest absolute Gasteiger partial charge is 0.0908 e. The molecule has 0 aromatic carbocycles. The first kappa shape index (κ1) is 10.5. The zero-order chi connectivity index (χ0) is 9.84. The lowest BCUT2D eigenvalue weighted by Crippen LogP contribution is -2.40. The van der Waals surface area contributed by atoms with Crippen molar-refractivity contribution >= 4 is 5.84 Å². The number of nitrogens with two attached hydrogens (primary N) is 1. The molecule has 0 amide bonds. The minimum absolute atomic E-state index is 0.343. The second kappa shape index (κ2) is 4.61. The molecule has 3 heteroatoms. The summed E-state index contributed by atoms with van der Waals surface area (Å²) in [7, 11) is 0. The second-order valence-electron chi connectivity index (χ2n) is 4.33. The standard InChI is InChI=1S/C10H21N3/c1-8(2)13-5-3-4-9(7-13)6-10(11)12/h8-9H,3-7H2,1-2H3,(H3,11,12). The molecule has 0 saturated carbocycles. The first-order valence-electron chi connectivity index (χ1n) is 5.16. The Balaban J connectivity index is 2.37. The predicted octanol–water partition coefficient (Wildman–Crippen LogP) is 1.43. The molecule has 1 aliphatic heterocycles. The Kier molecular flexibility index (Phi) is 3.72. The number of nitrogens with one attached hydrogen (secondary N) is 1. The number of piperidine rings is 1. The Morgan fingerprint density at radius 2 is 2.31 bits per heavy atom.